The third-order valence-electron chi connectivity index (χ3n) is 5.48. The smallest absolute Gasteiger partial charge is 0.279 e. The van der Waals surface area contributed by atoms with Gasteiger partial charge in [-0.15, -0.1) is 0 Å². The first-order valence-corrected chi connectivity index (χ1v) is 10.6. The Balaban J connectivity index is 2.12. The SMILES string of the molecule is Cc1cncc(-n2c(=O)c(Cc3cc(F)c(F)c(F)c3)c(-c3cccc(C#N)c3)n(CC#N)c2=O)c1. The molecule has 0 bridgehead atoms. The summed E-state index contributed by atoms with van der Waals surface area (Å²) in [6, 6.07) is 12.9. The van der Waals surface area contributed by atoms with Gasteiger partial charge < -0.3 is 0 Å². The van der Waals surface area contributed by atoms with Crippen LogP contribution < -0.4 is 11.2 Å². The summed E-state index contributed by atoms with van der Waals surface area (Å²) in [7, 11) is 0. The van der Waals surface area contributed by atoms with Crippen molar-refractivity contribution >= 4 is 0 Å². The Bertz CT molecular complexity index is 1690. The van der Waals surface area contributed by atoms with Crippen molar-refractivity contribution in [1.82, 2.24) is 14.1 Å². The molecular formula is C26H16F3N5O2. The first kappa shape index (κ1) is 24.2. The summed E-state index contributed by atoms with van der Waals surface area (Å²) in [6.45, 7) is 1.24. The molecule has 2 aromatic heterocycles. The molecule has 36 heavy (non-hydrogen) atoms. The van der Waals surface area contributed by atoms with Gasteiger partial charge in [0.25, 0.3) is 5.56 Å². The number of aromatic nitrogens is 3. The highest BCUT2D eigenvalue weighted by Crippen LogP contribution is 2.25. The Morgan fingerprint density at radius 2 is 1.72 bits per heavy atom. The highest BCUT2D eigenvalue weighted by atomic mass is 19.2. The van der Waals surface area contributed by atoms with Crippen molar-refractivity contribution in [3.63, 3.8) is 0 Å². The number of nitrogens with zero attached hydrogens (tertiary/aromatic N) is 5. The van der Waals surface area contributed by atoms with Crippen molar-refractivity contribution in [2.75, 3.05) is 0 Å². The third-order valence-corrected chi connectivity index (χ3v) is 5.48. The van der Waals surface area contributed by atoms with E-state index >= 15 is 0 Å². The number of benzene rings is 2. The third kappa shape index (κ3) is 4.40. The number of hydrogen-bond acceptors (Lipinski definition) is 5. The molecule has 0 unspecified atom stereocenters. The maximum absolute atomic E-state index is 14.0. The normalized spacial score (nSPS) is 10.6. The quantitative estimate of drug-likeness (QED) is 0.399. The zero-order valence-electron chi connectivity index (χ0n) is 18.8. The van der Waals surface area contributed by atoms with E-state index in [1.807, 2.05) is 12.1 Å². The van der Waals surface area contributed by atoms with Gasteiger partial charge in [-0.25, -0.2) is 22.5 Å². The molecule has 4 rings (SSSR count). The fourth-order valence-electron chi connectivity index (χ4n) is 3.95. The summed E-state index contributed by atoms with van der Waals surface area (Å²) in [6.07, 6.45) is 2.42. The number of nitriles is 2. The van der Waals surface area contributed by atoms with E-state index in [2.05, 4.69) is 4.98 Å². The molecule has 0 saturated carbocycles. The Hall–Kier alpha value is -4.96. The fraction of sp³-hybridized carbons (Fsp3) is 0.115. The standard InChI is InChI=1S/C26H16F3N5O2/c1-15-7-19(14-32-13-15)34-25(35)20(9-17-10-21(27)23(29)22(28)11-17)24(33(6-5-30)26(34)36)18-4-2-3-16(8-18)12-31/h2-4,7-8,10-11,13-14H,6,9H2,1H3. The van der Waals surface area contributed by atoms with Gasteiger partial charge in [-0.05, 0) is 48.4 Å². The second-order valence-corrected chi connectivity index (χ2v) is 7.96. The number of halogens is 3. The number of hydrogen-bond donors (Lipinski definition) is 0. The van der Waals surface area contributed by atoms with E-state index in [-0.39, 0.29) is 33.6 Å². The average molecular weight is 487 g/mol. The number of aryl methyl sites for hydroxylation is 1. The second-order valence-electron chi connectivity index (χ2n) is 7.96. The lowest BCUT2D eigenvalue weighted by Crippen LogP contribution is -2.42. The van der Waals surface area contributed by atoms with E-state index in [1.54, 1.807) is 13.0 Å². The molecule has 2 heterocycles. The molecule has 2 aromatic carbocycles. The first-order valence-electron chi connectivity index (χ1n) is 10.6. The molecule has 0 atom stereocenters. The lowest BCUT2D eigenvalue weighted by Gasteiger charge is -2.19. The molecule has 7 nitrogen and oxygen atoms in total. The van der Waals surface area contributed by atoms with Crippen molar-refractivity contribution in [2.45, 2.75) is 19.9 Å². The maximum Gasteiger partial charge on any atom is 0.337 e. The van der Waals surface area contributed by atoms with Crippen LogP contribution in [0.15, 0.2) is 64.4 Å². The topological polar surface area (TPSA) is 104 Å². The molecule has 4 aromatic rings. The molecular weight excluding hydrogens is 471 g/mol. The molecule has 10 heteroatoms. The van der Waals surface area contributed by atoms with Crippen LogP contribution in [0.2, 0.25) is 0 Å². The van der Waals surface area contributed by atoms with Crippen LogP contribution in [0, 0.1) is 47.0 Å². The van der Waals surface area contributed by atoms with Crippen molar-refractivity contribution in [3.8, 4) is 29.1 Å². The molecule has 0 radical (unpaired) electrons. The van der Waals surface area contributed by atoms with E-state index in [1.165, 1.54) is 36.7 Å². The molecule has 0 N–H and O–H groups in total. The molecule has 0 fully saturated rings. The maximum atomic E-state index is 14.0. The van der Waals surface area contributed by atoms with Crippen LogP contribution in [0.4, 0.5) is 13.2 Å². The average Bonchev–Trinajstić information content (AvgIpc) is 2.85. The van der Waals surface area contributed by atoms with Crippen molar-refractivity contribution in [1.29, 1.82) is 10.5 Å². The molecule has 0 saturated heterocycles. The zero-order chi connectivity index (χ0) is 26.0. The summed E-state index contributed by atoms with van der Waals surface area (Å²) >= 11 is 0. The van der Waals surface area contributed by atoms with Crippen LogP contribution in [0.1, 0.15) is 22.3 Å². The Labute approximate surface area is 202 Å². The molecule has 0 aliphatic rings. The first-order chi connectivity index (χ1) is 17.2. The second kappa shape index (κ2) is 9.72. The predicted molar refractivity (Wildman–Crippen MR) is 124 cm³/mol. The molecule has 178 valence electrons. The van der Waals surface area contributed by atoms with Gasteiger partial charge in [0.15, 0.2) is 17.5 Å². The van der Waals surface area contributed by atoms with E-state index in [4.69, 9.17) is 0 Å². The van der Waals surface area contributed by atoms with E-state index in [9.17, 15) is 33.3 Å². The summed E-state index contributed by atoms with van der Waals surface area (Å²) in [5.41, 5.74) is -0.538. The van der Waals surface area contributed by atoms with E-state index < -0.39 is 41.7 Å². The number of pyridine rings is 1. The Morgan fingerprint density at radius 3 is 2.36 bits per heavy atom. The van der Waals surface area contributed by atoms with Crippen LogP contribution in [0.5, 0.6) is 0 Å². The minimum Gasteiger partial charge on any atom is -0.279 e. The van der Waals surface area contributed by atoms with Gasteiger partial charge in [-0.3, -0.25) is 14.3 Å². The monoisotopic (exact) mass is 487 g/mol. The minimum atomic E-state index is -1.65. The Kier molecular flexibility index (Phi) is 6.53. The van der Waals surface area contributed by atoms with E-state index in [0.29, 0.717) is 5.56 Å². The Morgan fingerprint density at radius 1 is 1.00 bits per heavy atom. The van der Waals surface area contributed by atoms with Crippen LogP contribution in [0.3, 0.4) is 0 Å². The van der Waals surface area contributed by atoms with Crippen LogP contribution in [-0.2, 0) is 13.0 Å². The van der Waals surface area contributed by atoms with Gasteiger partial charge in [-0.2, -0.15) is 10.5 Å². The zero-order valence-corrected chi connectivity index (χ0v) is 18.8. The van der Waals surface area contributed by atoms with Crippen LogP contribution >= 0.6 is 0 Å². The van der Waals surface area contributed by atoms with Gasteiger partial charge >= 0.3 is 5.69 Å². The lowest BCUT2D eigenvalue weighted by atomic mass is 9.98. The van der Waals surface area contributed by atoms with Crippen LogP contribution in [0.25, 0.3) is 16.9 Å². The highest BCUT2D eigenvalue weighted by Gasteiger charge is 2.23. The van der Waals surface area contributed by atoms with Gasteiger partial charge in [0.2, 0.25) is 0 Å². The van der Waals surface area contributed by atoms with Gasteiger partial charge in [0.1, 0.15) is 6.54 Å². The minimum absolute atomic E-state index is 0.00523. The van der Waals surface area contributed by atoms with Gasteiger partial charge in [-0.1, -0.05) is 12.1 Å². The molecule has 0 spiro atoms. The lowest BCUT2D eigenvalue weighted by molar-refractivity contribution is 0.445. The van der Waals surface area contributed by atoms with Crippen molar-refractivity contribution < 1.29 is 13.2 Å². The van der Waals surface area contributed by atoms with Gasteiger partial charge in [0, 0.05) is 23.7 Å². The summed E-state index contributed by atoms with van der Waals surface area (Å²) in [5, 5.41) is 18.8. The highest BCUT2D eigenvalue weighted by molar-refractivity contribution is 5.66. The van der Waals surface area contributed by atoms with Gasteiger partial charge in [0.05, 0.1) is 35.3 Å². The molecule has 0 aliphatic heterocycles. The number of rotatable bonds is 5. The molecule has 0 aliphatic carbocycles. The summed E-state index contributed by atoms with van der Waals surface area (Å²) in [5.74, 6) is -4.53. The summed E-state index contributed by atoms with van der Waals surface area (Å²) < 4.78 is 43.4. The van der Waals surface area contributed by atoms with E-state index in [0.717, 1.165) is 21.3 Å². The van der Waals surface area contributed by atoms with Crippen LogP contribution in [-0.4, -0.2) is 14.1 Å². The van der Waals surface area contributed by atoms with Crippen molar-refractivity contribution in [3.05, 3.63) is 115 Å². The predicted octanol–water partition coefficient (Wildman–Crippen LogP) is 3.77. The largest absolute Gasteiger partial charge is 0.337 e. The fourth-order valence-corrected chi connectivity index (χ4v) is 3.95. The molecule has 0 amide bonds. The van der Waals surface area contributed by atoms with Crippen molar-refractivity contribution in [2.24, 2.45) is 0 Å². The summed E-state index contributed by atoms with van der Waals surface area (Å²) in [4.78, 5) is 31.3.